The predicted molar refractivity (Wildman–Crippen MR) is 41.4 cm³/mol. The molecule has 0 aromatic carbocycles. The molecule has 1 heterocycles. The number of rotatable bonds is 6. The molecule has 0 aromatic rings. The monoisotopic (exact) mass is 180 g/mol. The second-order valence-electron chi connectivity index (χ2n) is 2.48. The fourth-order valence-corrected chi connectivity index (χ4v) is 1.10. The van der Waals surface area contributed by atoms with Crippen molar-refractivity contribution in [3.05, 3.63) is 0 Å². The van der Waals surface area contributed by atoms with Crippen LogP contribution in [0.5, 0.6) is 0 Å². The summed E-state index contributed by atoms with van der Waals surface area (Å²) in [4.78, 5) is 17.0. The van der Waals surface area contributed by atoms with Crippen LogP contribution < -0.4 is 0 Å². The van der Waals surface area contributed by atoms with Crippen LogP contribution >= 0.6 is 8.38 Å². The van der Waals surface area contributed by atoms with Crippen LogP contribution in [0.4, 0.5) is 0 Å². The summed E-state index contributed by atoms with van der Waals surface area (Å²) in [7, 11) is -1.73. The molecule has 0 aliphatic carbocycles. The van der Waals surface area contributed by atoms with E-state index in [0.29, 0.717) is 31.9 Å². The lowest BCUT2D eigenvalue weighted by Crippen LogP contribution is -2.03. The minimum absolute atomic E-state index is 0.305. The fraction of sp³-hybridized carbons (Fsp3) is 1.00. The summed E-state index contributed by atoms with van der Waals surface area (Å²) < 4.78 is 10.1. The molecule has 2 N–H and O–H groups in total. The summed E-state index contributed by atoms with van der Waals surface area (Å²) in [5.41, 5.74) is 0. The first-order valence-electron chi connectivity index (χ1n) is 3.63. The lowest BCUT2D eigenvalue weighted by atomic mass is 10.5. The summed E-state index contributed by atoms with van der Waals surface area (Å²) in [6.45, 7) is 2.06. The molecule has 0 saturated carbocycles. The molecule has 1 fully saturated rings. The molecular formula is C6H13O4P. The van der Waals surface area contributed by atoms with Gasteiger partial charge in [0.2, 0.25) is 0 Å². The second-order valence-corrected chi connectivity index (χ2v) is 3.67. The molecular weight excluding hydrogens is 167 g/mol. The molecule has 1 aliphatic rings. The SMILES string of the molecule is OP(O)CCCOCC1CO1. The van der Waals surface area contributed by atoms with E-state index in [2.05, 4.69) is 0 Å². The van der Waals surface area contributed by atoms with Crippen LogP contribution in [0.1, 0.15) is 6.42 Å². The second kappa shape index (κ2) is 5.01. The van der Waals surface area contributed by atoms with Gasteiger partial charge in [0, 0.05) is 12.8 Å². The molecule has 66 valence electrons. The molecule has 0 radical (unpaired) electrons. The Hall–Kier alpha value is 0.270. The Morgan fingerprint density at radius 2 is 2.27 bits per heavy atom. The number of ether oxygens (including phenoxy) is 2. The molecule has 1 aliphatic heterocycles. The van der Waals surface area contributed by atoms with Gasteiger partial charge in [0.15, 0.2) is 8.38 Å². The largest absolute Gasteiger partial charge is 0.379 e. The van der Waals surface area contributed by atoms with Gasteiger partial charge in [-0.25, -0.2) is 0 Å². The third-order valence-corrected chi connectivity index (χ3v) is 2.07. The normalized spacial score (nSPS) is 22.6. The Morgan fingerprint density at radius 3 is 2.82 bits per heavy atom. The van der Waals surface area contributed by atoms with E-state index in [4.69, 9.17) is 19.3 Å². The highest BCUT2D eigenvalue weighted by Gasteiger charge is 2.21. The van der Waals surface area contributed by atoms with Gasteiger partial charge >= 0.3 is 0 Å². The first-order valence-corrected chi connectivity index (χ1v) is 5.07. The van der Waals surface area contributed by atoms with Gasteiger partial charge in [-0.1, -0.05) is 0 Å². The van der Waals surface area contributed by atoms with E-state index in [1.807, 2.05) is 0 Å². The van der Waals surface area contributed by atoms with Gasteiger partial charge in [0.25, 0.3) is 0 Å². The van der Waals surface area contributed by atoms with E-state index in [9.17, 15) is 0 Å². The maximum atomic E-state index is 8.51. The van der Waals surface area contributed by atoms with Crippen molar-refractivity contribution < 1.29 is 19.3 Å². The first-order chi connectivity index (χ1) is 5.29. The van der Waals surface area contributed by atoms with E-state index in [1.54, 1.807) is 0 Å². The zero-order chi connectivity index (χ0) is 8.10. The maximum absolute atomic E-state index is 8.51. The van der Waals surface area contributed by atoms with Gasteiger partial charge in [-0.15, -0.1) is 0 Å². The third-order valence-electron chi connectivity index (χ3n) is 1.35. The quantitative estimate of drug-likeness (QED) is 0.345. The van der Waals surface area contributed by atoms with E-state index in [0.717, 1.165) is 6.61 Å². The highest BCUT2D eigenvalue weighted by molar-refractivity contribution is 7.45. The molecule has 5 heteroatoms. The van der Waals surface area contributed by atoms with E-state index >= 15 is 0 Å². The van der Waals surface area contributed by atoms with Crippen LogP contribution in [0.15, 0.2) is 0 Å². The van der Waals surface area contributed by atoms with Gasteiger partial charge in [-0.3, -0.25) is 0 Å². The average Bonchev–Trinajstić information content (AvgIpc) is 2.70. The number of epoxide rings is 1. The van der Waals surface area contributed by atoms with Crippen LogP contribution in [0.25, 0.3) is 0 Å². The summed E-state index contributed by atoms with van der Waals surface area (Å²) in [6, 6.07) is 0. The van der Waals surface area contributed by atoms with Gasteiger partial charge < -0.3 is 19.3 Å². The van der Waals surface area contributed by atoms with Crippen molar-refractivity contribution in [3.63, 3.8) is 0 Å². The van der Waals surface area contributed by atoms with Crippen LogP contribution in [-0.4, -0.2) is 41.9 Å². The minimum atomic E-state index is -1.73. The summed E-state index contributed by atoms with van der Waals surface area (Å²) >= 11 is 0. The Kier molecular flexibility index (Phi) is 4.26. The zero-order valence-corrected chi connectivity index (χ0v) is 7.17. The highest BCUT2D eigenvalue weighted by Crippen LogP contribution is 2.23. The molecule has 0 aromatic heterocycles. The minimum Gasteiger partial charge on any atom is -0.379 e. The molecule has 1 rings (SSSR count). The average molecular weight is 180 g/mol. The predicted octanol–water partition coefficient (Wildman–Crippen LogP) is 0.0884. The topological polar surface area (TPSA) is 62.2 Å². The molecule has 0 bridgehead atoms. The van der Waals surface area contributed by atoms with Crippen LogP contribution in [0, 0.1) is 0 Å². The van der Waals surface area contributed by atoms with Crippen LogP contribution in [-0.2, 0) is 9.47 Å². The molecule has 0 spiro atoms. The zero-order valence-electron chi connectivity index (χ0n) is 6.27. The van der Waals surface area contributed by atoms with Gasteiger partial charge in [-0.2, -0.15) is 0 Å². The Morgan fingerprint density at radius 1 is 1.55 bits per heavy atom. The van der Waals surface area contributed by atoms with Gasteiger partial charge in [0.05, 0.1) is 13.2 Å². The molecule has 1 saturated heterocycles. The van der Waals surface area contributed by atoms with Crippen molar-refractivity contribution in [3.8, 4) is 0 Å². The van der Waals surface area contributed by atoms with Crippen molar-refractivity contribution in [1.29, 1.82) is 0 Å². The summed E-state index contributed by atoms with van der Waals surface area (Å²) in [6.07, 6.45) is 1.46. The smallest absolute Gasteiger partial charge is 0.165 e. The summed E-state index contributed by atoms with van der Waals surface area (Å²) in [5.74, 6) is 0. The first kappa shape index (κ1) is 9.36. The van der Waals surface area contributed by atoms with Crippen molar-refractivity contribution in [2.75, 3.05) is 26.0 Å². The Bertz CT molecular complexity index is 101. The molecule has 11 heavy (non-hydrogen) atoms. The lowest BCUT2D eigenvalue weighted by molar-refractivity contribution is 0.117. The molecule has 1 unspecified atom stereocenters. The molecule has 1 atom stereocenters. The maximum Gasteiger partial charge on any atom is 0.165 e. The Balaban J connectivity index is 1.73. The van der Waals surface area contributed by atoms with E-state index < -0.39 is 8.38 Å². The van der Waals surface area contributed by atoms with Crippen LogP contribution in [0.3, 0.4) is 0 Å². The van der Waals surface area contributed by atoms with E-state index in [1.165, 1.54) is 0 Å². The summed E-state index contributed by atoms with van der Waals surface area (Å²) in [5, 5.41) is 0. The molecule has 4 nitrogen and oxygen atoms in total. The van der Waals surface area contributed by atoms with Gasteiger partial charge in [-0.05, 0) is 6.42 Å². The van der Waals surface area contributed by atoms with Crippen molar-refractivity contribution >= 4 is 8.38 Å². The number of hydrogen-bond acceptors (Lipinski definition) is 4. The van der Waals surface area contributed by atoms with E-state index in [-0.39, 0.29) is 0 Å². The third kappa shape index (κ3) is 5.53. The van der Waals surface area contributed by atoms with Crippen LogP contribution in [0.2, 0.25) is 0 Å². The Labute approximate surface area is 67.0 Å². The van der Waals surface area contributed by atoms with Crippen molar-refractivity contribution in [1.82, 2.24) is 0 Å². The van der Waals surface area contributed by atoms with Gasteiger partial charge in [0.1, 0.15) is 6.10 Å². The standard InChI is InChI=1S/C6H13O4P/c7-11(8)3-1-2-9-4-6-5-10-6/h6-8H,1-5H2. The highest BCUT2D eigenvalue weighted by atomic mass is 31.2. The van der Waals surface area contributed by atoms with Crippen molar-refractivity contribution in [2.45, 2.75) is 12.5 Å². The molecule has 0 amide bonds. The number of hydrogen-bond donors (Lipinski definition) is 2. The lowest BCUT2D eigenvalue weighted by Gasteiger charge is -2.02. The van der Waals surface area contributed by atoms with Crippen molar-refractivity contribution in [2.24, 2.45) is 0 Å². The fourth-order valence-electron chi connectivity index (χ4n) is 0.687.